The van der Waals surface area contributed by atoms with Gasteiger partial charge in [0.25, 0.3) is 0 Å². The van der Waals surface area contributed by atoms with Gasteiger partial charge in [-0.3, -0.25) is 4.79 Å². The quantitative estimate of drug-likeness (QED) is 0.830. The third kappa shape index (κ3) is 4.20. The van der Waals surface area contributed by atoms with Gasteiger partial charge in [-0.05, 0) is 31.6 Å². The first-order valence-electron chi connectivity index (χ1n) is 8.26. The lowest BCUT2D eigenvalue weighted by molar-refractivity contribution is -0.133. The van der Waals surface area contributed by atoms with E-state index < -0.39 is 0 Å². The van der Waals surface area contributed by atoms with E-state index in [4.69, 9.17) is 0 Å². The average molecular weight is 266 g/mol. The molecular weight excluding hydrogens is 236 g/mol. The van der Waals surface area contributed by atoms with E-state index in [1.165, 1.54) is 38.5 Å². The monoisotopic (exact) mass is 266 g/mol. The van der Waals surface area contributed by atoms with Gasteiger partial charge in [-0.25, -0.2) is 0 Å². The van der Waals surface area contributed by atoms with Crippen LogP contribution >= 0.6 is 0 Å². The number of amides is 1. The van der Waals surface area contributed by atoms with Crippen molar-refractivity contribution in [3.05, 3.63) is 0 Å². The van der Waals surface area contributed by atoms with Gasteiger partial charge in [0.15, 0.2) is 0 Å². The van der Waals surface area contributed by atoms with Crippen molar-refractivity contribution >= 4 is 5.91 Å². The molecule has 2 unspecified atom stereocenters. The van der Waals surface area contributed by atoms with Crippen LogP contribution in [0.1, 0.15) is 65.2 Å². The number of carbonyl (C=O) groups excluding carboxylic acids is 1. The highest BCUT2D eigenvalue weighted by Crippen LogP contribution is 2.24. The highest BCUT2D eigenvalue weighted by Gasteiger charge is 2.30. The minimum absolute atomic E-state index is 0.360. The van der Waals surface area contributed by atoms with Crippen molar-refractivity contribution < 1.29 is 4.79 Å². The van der Waals surface area contributed by atoms with Crippen LogP contribution in [-0.4, -0.2) is 36.0 Å². The van der Waals surface area contributed by atoms with E-state index in [1.54, 1.807) is 0 Å². The molecule has 0 bridgehead atoms. The Morgan fingerprint density at radius 3 is 2.53 bits per heavy atom. The number of hydrogen-bond acceptors (Lipinski definition) is 2. The number of carbonyl (C=O) groups is 1. The second kappa shape index (κ2) is 7.28. The van der Waals surface area contributed by atoms with E-state index in [0.29, 0.717) is 30.3 Å². The molecule has 2 aliphatic rings. The Kier molecular flexibility index (Phi) is 5.68. The van der Waals surface area contributed by atoms with E-state index in [1.807, 2.05) is 0 Å². The summed E-state index contributed by atoms with van der Waals surface area (Å²) in [6, 6.07) is 1.24. The van der Waals surface area contributed by atoms with E-state index >= 15 is 0 Å². The van der Waals surface area contributed by atoms with Crippen LogP contribution in [0.5, 0.6) is 0 Å². The molecule has 3 nitrogen and oxygen atoms in total. The van der Waals surface area contributed by atoms with Crippen LogP contribution < -0.4 is 5.32 Å². The van der Waals surface area contributed by atoms with Gasteiger partial charge < -0.3 is 10.2 Å². The van der Waals surface area contributed by atoms with Crippen molar-refractivity contribution in [2.24, 2.45) is 5.92 Å². The molecule has 0 aromatic heterocycles. The summed E-state index contributed by atoms with van der Waals surface area (Å²) in [6.45, 7) is 6.27. The van der Waals surface area contributed by atoms with Crippen LogP contribution in [0.2, 0.25) is 0 Å². The van der Waals surface area contributed by atoms with Crippen LogP contribution in [-0.2, 0) is 4.79 Å². The minimum atomic E-state index is 0.360. The summed E-state index contributed by atoms with van der Waals surface area (Å²) < 4.78 is 0. The number of hydrogen-bond donors (Lipinski definition) is 1. The van der Waals surface area contributed by atoms with Gasteiger partial charge >= 0.3 is 0 Å². The first kappa shape index (κ1) is 14.8. The van der Waals surface area contributed by atoms with E-state index in [0.717, 1.165) is 19.5 Å². The lowest BCUT2D eigenvalue weighted by Crippen LogP contribution is -2.53. The molecule has 2 rings (SSSR count). The molecule has 0 radical (unpaired) electrons. The summed E-state index contributed by atoms with van der Waals surface area (Å²) in [7, 11) is 0. The van der Waals surface area contributed by atoms with Crippen LogP contribution in [0.25, 0.3) is 0 Å². The molecule has 1 saturated carbocycles. The summed E-state index contributed by atoms with van der Waals surface area (Å²) >= 11 is 0. The Hall–Kier alpha value is -0.570. The molecule has 0 spiro atoms. The third-order valence-corrected chi connectivity index (χ3v) is 4.76. The Morgan fingerprint density at radius 1 is 1.16 bits per heavy atom. The van der Waals surface area contributed by atoms with Gasteiger partial charge in [-0.15, -0.1) is 0 Å². The number of nitrogens with zero attached hydrogens (tertiary/aromatic N) is 1. The number of rotatable bonds is 5. The van der Waals surface area contributed by atoms with E-state index in [2.05, 4.69) is 24.1 Å². The van der Waals surface area contributed by atoms with Gasteiger partial charge in [-0.2, -0.15) is 0 Å². The van der Waals surface area contributed by atoms with Gasteiger partial charge in [0, 0.05) is 31.6 Å². The highest BCUT2D eigenvalue weighted by molar-refractivity contribution is 5.76. The van der Waals surface area contributed by atoms with E-state index in [9.17, 15) is 4.79 Å². The molecule has 19 heavy (non-hydrogen) atoms. The molecular formula is C16H30N2O. The summed E-state index contributed by atoms with van der Waals surface area (Å²) in [5, 5.41) is 3.82. The molecule has 0 aromatic rings. The fourth-order valence-corrected chi connectivity index (χ4v) is 3.62. The Bertz CT molecular complexity index is 286. The van der Waals surface area contributed by atoms with Crippen LogP contribution in [0, 0.1) is 5.92 Å². The van der Waals surface area contributed by atoms with Crippen molar-refractivity contribution in [1.82, 2.24) is 10.2 Å². The maximum Gasteiger partial charge on any atom is 0.222 e. The zero-order valence-electron chi connectivity index (χ0n) is 12.7. The fraction of sp³-hybridized carbons (Fsp3) is 0.938. The largest absolute Gasteiger partial charge is 0.341 e. The molecule has 3 heteroatoms. The zero-order chi connectivity index (χ0) is 13.7. The molecule has 1 saturated heterocycles. The molecule has 110 valence electrons. The lowest BCUT2D eigenvalue weighted by Gasteiger charge is -2.39. The minimum Gasteiger partial charge on any atom is -0.341 e. The number of likely N-dealkylation sites (tertiary alicyclic amines) is 1. The highest BCUT2D eigenvalue weighted by atomic mass is 16.2. The first-order chi connectivity index (χ1) is 9.22. The third-order valence-electron chi connectivity index (χ3n) is 4.76. The van der Waals surface area contributed by atoms with Crippen molar-refractivity contribution in [3.8, 4) is 0 Å². The smallest absolute Gasteiger partial charge is 0.222 e. The molecule has 1 aliphatic carbocycles. The van der Waals surface area contributed by atoms with Gasteiger partial charge in [-0.1, -0.05) is 33.1 Å². The van der Waals surface area contributed by atoms with Crippen LogP contribution in [0.4, 0.5) is 0 Å². The summed E-state index contributed by atoms with van der Waals surface area (Å²) in [4.78, 5) is 14.3. The van der Waals surface area contributed by atoms with Gasteiger partial charge in [0.2, 0.25) is 5.91 Å². The van der Waals surface area contributed by atoms with Gasteiger partial charge in [0.05, 0.1) is 0 Å². The van der Waals surface area contributed by atoms with Crippen molar-refractivity contribution in [1.29, 1.82) is 0 Å². The average Bonchev–Trinajstić information content (AvgIpc) is 2.91. The van der Waals surface area contributed by atoms with Crippen molar-refractivity contribution in [2.45, 2.75) is 77.3 Å². The second-order valence-electron chi connectivity index (χ2n) is 6.40. The number of nitrogens with one attached hydrogen (secondary N) is 1. The predicted octanol–water partition coefficient (Wildman–Crippen LogP) is 2.95. The molecule has 1 amide bonds. The van der Waals surface area contributed by atoms with Crippen LogP contribution in [0.15, 0.2) is 0 Å². The maximum absolute atomic E-state index is 12.1. The second-order valence-corrected chi connectivity index (χ2v) is 6.40. The zero-order valence-corrected chi connectivity index (χ0v) is 12.7. The first-order valence-corrected chi connectivity index (χ1v) is 8.26. The lowest BCUT2D eigenvalue weighted by atomic mass is 9.91. The van der Waals surface area contributed by atoms with Crippen molar-refractivity contribution in [2.75, 3.05) is 13.1 Å². The van der Waals surface area contributed by atoms with Gasteiger partial charge in [0.1, 0.15) is 0 Å². The fourth-order valence-electron chi connectivity index (χ4n) is 3.62. The molecule has 1 heterocycles. The maximum atomic E-state index is 12.1. The molecule has 1 N–H and O–H groups in total. The summed E-state index contributed by atoms with van der Waals surface area (Å²) in [5.41, 5.74) is 0. The predicted molar refractivity (Wildman–Crippen MR) is 79.1 cm³/mol. The molecule has 0 aromatic carbocycles. The number of piperidine rings is 1. The Morgan fingerprint density at radius 2 is 1.89 bits per heavy atom. The van der Waals surface area contributed by atoms with Crippen LogP contribution in [0.3, 0.4) is 0 Å². The Labute approximate surface area is 118 Å². The summed E-state index contributed by atoms with van der Waals surface area (Å²) in [5.74, 6) is 1.05. The topological polar surface area (TPSA) is 32.3 Å². The van der Waals surface area contributed by atoms with Crippen molar-refractivity contribution in [3.63, 3.8) is 0 Å². The molecule has 2 atom stereocenters. The normalized spacial score (nSPS) is 28.8. The standard InChI is InChI=1S/C16H30N2O/c1-3-7-16(19)18-11-13(4-2)10-15(12-18)17-14-8-5-6-9-14/h13-15,17H,3-12H2,1-2H3. The van der Waals surface area contributed by atoms with E-state index in [-0.39, 0.29) is 0 Å². The summed E-state index contributed by atoms with van der Waals surface area (Å²) in [6.07, 6.45) is 9.54. The SMILES string of the molecule is CCCC(=O)N1CC(CC)CC(NC2CCCC2)C1. The Balaban J connectivity index is 1.89. The molecule has 1 aliphatic heterocycles. The molecule has 2 fully saturated rings.